The molecule has 2 atom stereocenters. The Hall–Kier alpha value is -3.37. The number of hydrogen-bond acceptors (Lipinski definition) is 6. The number of benzene rings is 2. The summed E-state index contributed by atoms with van der Waals surface area (Å²) >= 11 is 0. The van der Waals surface area contributed by atoms with Crippen molar-refractivity contribution in [3.8, 4) is 11.4 Å². The quantitative estimate of drug-likeness (QED) is 0.456. The number of piperidine rings is 1. The number of urea groups is 1. The number of hydrogen-bond donors (Lipinski definition) is 3. The van der Waals surface area contributed by atoms with Gasteiger partial charge in [-0.1, -0.05) is 19.1 Å². The number of tetrazole rings is 1. The van der Waals surface area contributed by atoms with E-state index in [9.17, 15) is 14.3 Å². The largest absolute Gasteiger partial charge is 0.387 e. The first-order valence-electron chi connectivity index (χ1n) is 12.0. The van der Waals surface area contributed by atoms with Crippen LogP contribution in [0.4, 0.5) is 14.9 Å². The molecule has 1 unspecified atom stereocenters. The number of aliphatic hydroxyl groups excluding tert-OH is 1. The highest BCUT2D eigenvalue weighted by Crippen LogP contribution is 2.24. The van der Waals surface area contributed by atoms with E-state index in [1.54, 1.807) is 23.9 Å². The highest BCUT2D eigenvalue weighted by Gasteiger charge is 2.23. The number of rotatable bonds is 8. The topological polar surface area (TPSA) is 108 Å². The summed E-state index contributed by atoms with van der Waals surface area (Å²) in [5, 5.41) is 28.1. The van der Waals surface area contributed by atoms with E-state index >= 15 is 0 Å². The van der Waals surface area contributed by atoms with Crippen LogP contribution >= 0.6 is 0 Å². The Morgan fingerprint density at radius 2 is 2.06 bits per heavy atom. The van der Waals surface area contributed by atoms with E-state index in [2.05, 4.69) is 38.0 Å². The molecule has 35 heavy (non-hydrogen) atoms. The van der Waals surface area contributed by atoms with Gasteiger partial charge in [-0.25, -0.2) is 13.9 Å². The molecule has 10 heteroatoms. The van der Waals surface area contributed by atoms with Crippen molar-refractivity contribution in [3.05, 3.63) is 59.4 Å². The molecule has 186 valence electrons. The van der Waals surface area contributed by atoms with Crippen LogP contribution in [-0.2, 0) is 13.5 Å². The van der Waals surface area contributed by atoms with Gasteiger partial charge in [0.1, 0.15) is 5.82 Å². The van der Waals surface area contributed by atoms with Crippen LogP contribution in [0.25, 0.3) is 11.4 Å². The molecule has 0 aliphatic carbocycles. The number of aromatic nitrogens is 4. The van der Waals surface area contributed by atoms with E-state index < -0.39 is 6.10 Å². The van der Waals surface area contributed by atoms with Crippen LogP contribution in [0.1, 0.15) is 37.0 Å². The SMILES string of the molecule is CCc1cc(NC(=O)NCC2CCCN(C[C@@H](O)c3ccc(F)cc3)C2)cc(-c2nnnn2C)c1. The van der Waals surface area contributed by atoms with Crippen molar-refractivity contribution < 1.29 is 14.3 Å². The normalized spacial score (nSPS) is 17.2. The third kappa shape index (κ3) is 6.61. The molecule has 0 radical (unpaired) electrons. The molecule has 3 aromatic rings. The Kier molecular flexibility index (Phi) is 8.04. The maximum Gasteiger partial charge on any atom is 0.319 e. The molecule has 3 N–H and O–H groups in total. The fourth-order valence-corrected chi connectivity index (χ4v) is 4.50. The first kappa shape index (κ1) is 24.7. The van der Waals surface area contributed by atoms with Crippen molar-refractivity contribution in [1.82, 2.24) is 30.4 Å². The van der Waals surface area contributed by atoms with Crippen molar-refractivity contribution in [2.75, 3.05) is 31.5 Å². The monoisotopic (exact) mass is 481 g/mol. The van der Waals surface area contributed by atoms with Crippen molar-refractivity contribution >= 4 is 11.7 Å². The van der Waals surface area contributed by atoms with Gasteiger partial charge in [0.05, 0.1) is 6.10 Å². The molecule has 1 fully saturated rings. The van der Waals surface area contributed by atoms with E-state index in [4.69, 9.17) is 0 Å². The van der Waals surface area contributed by atoms with E-state index in [0.717, 1.165) is 43.5 Å². The fourth-order valence-electron chi connectivity index (χ4n) is 4.50. The highest BCUT2D eigenvalue weighted by atomic mass is 19.1. The van der Waals surface area contributed by atoms with Gasteiger partial charge in [0.15, 0.2) is 5.82 Å². The van der Waals surface area contributed by atoms with Crippen molar-refractivity contribution in [2.24, 2.45) is 13.0 Å². The zero-order valence-corrected chi connectivity index (χ0v) is 20.1. The molecule has 9 nitrogen and oxygen atoms in total. The van der Waals surface area contributed by atoms with Crippen molar-refractivity contribution in [2.45, 2.75) is 32.3 Å². The summed E-state index contributed by atoms with van der Waals surface area (Å²) in [4.78, 5) is 14.8. The summed E-state index contributed by atoms with van der Waals surface area (Å²) < 4.78 is 14.7. The fraction of sp³-hybridized carbons (Fsp3) is 0.440. The lowest BCUT2D eigenvalue weighted by Crippen LogP contribution is -2.43. The summed E-state index contributed by atoms with van der Waals surface area (Å²) in [6.45, 7) is 4.76. The number of aryl methyl sites for hydroxylation is 2. The molecule has 0 saturated carbocycles. The van der Waals surface area contributed by atoms with Gasteiger partial charge in [-0.05, 0) is 83.6 Å². The molecule has 0 spiro atoms. The maximum atomic E-state index is 13.1. The minimum Gasteiger partial charge on any atom is -0.387 e. The molecule has 1 saturated heterocycles. The van der Waals surface area contributed by atoms with Crippen molar-refractivity contribution in [3.63, 3.8) is 0 Å². The van der Waals surface area contributed by atoms with E-state index in [1.807, 2.05) is 18.2 Å². The lowest BCUT2D eigenvalue weighted by atomic mass is 9.97. The van der Waals surface area contributed by atoms with Gasteiger partial charge < -0.3 is 20.6 Å². The van der Waals surface area contributed by atoms with Gasteiger partial charge in [-0.3, -0.25) is 0 Å². The minimum atomic E-state index is -0.672. The lowest BCUT2D eigenvalue weighted by Gasteiger charge is -2.34. The first-order chi connectivity index (χ1) is 16.9. The van der Waals surface area contributed by atoms with Crippen LogP contribution < -0.4 is 10.6 Å². The van der Waals surface area contributed by atoms with Crippen molar-refractivity contribution in [1.29, 1.82) is 0 Å². The summed E-state index contributed by atoms with van der Waals surface area (Å²) in [5.74, 6) is 0.609. The lowest BCUT2D eigenvalue weighted by molar-refractivity contribution is 0.0846. The Balaban J connectivity index is 1.30. The number of aliphatic hydroxyl groups is 1. The van der Waals surface area contributed by atoms with Crippen LogP contribution in [0, 0.1) is 11.7 Å². The second-order valence-electron chi connectivity index (χ2n) is 9.07. The number of carbonyl (C=O) groups is 1. The highest BCUT2D eigenvalue weighted by molar-refractivity contribution is 5.90. The van der Waals surface area contributed by atoms with Crippen LogP contribution in [0.3, 0.4) is 0 Å². The number of likely N-dealkylation sites (tertiary alicyclic amines) is 1. The predicted molar refractivity (Wildman–Crippen MR) is 131 cm³/mol. The molecule has 2 aromatic carbocycles. The van der Waals surface area contributed by atoms with Gasteiger partial charge in [-0.2, -0.15) is 0 Å². The second-order valence-corrected chi connectivity index (χ2v) is 9.07. The molecular formula is C25H32FN7O2. The average Bonchev–Trinajstić information content (AvgIpc) is 3.29. The third-order valence-electron chi connectivity index (χ3n) is 6.38. The Morgan fingerprint density at radius 3 is 2.77 bits per heavy atom. The van der Waals surface area contributed by atoms with E-state index in [1.165, 1.54) is 12.1 Å². The molecule has 2 heterocycles. The summed E-state index contributed by atoms with van der Waals surface area (Å²) in [7, 11) is 1.78. The number of halogens is 1. The Bertz CT molecular complexity index is 1140. The zero-order valence-electron chi connectivity index (χ0n) is 20.1. The van der Waals surface area contributed by atoms with Gasteiger partial charge in [0, 0.05) is 37.9 Å². The molecule has 2 amide bonds. The van der Waals surface area contributed by atoms with Crippen LogP contribution in [0.15, 0.2) is 42.5 Å². The summed E-state index contributed by atoms with van der Waals surface area (Å²) in [5.41, 5.74) is 3.31. The molecule has 1 aliphatic heterocycles. The number of β-amino-alcohol motifs (C(OH)–C–C–N with tert-alkyl or cyclic N) is 1. The van der Waals surface area contributed by atoms with Gasteiger partial charge in [0.25, 0.3) is 0 Å². The molecule has 1 aliphatic rings. The number of carbonyl (C=O) groups excluding carboxylic acids is 1. The first-order valence-corrected chi connectivity index (χ1v) is 12.0. The summed E-state index contributed by atoms with van der Waals surface area (Å²) in [6, 6.07) is 11.5. The van der Waals surface area contributed by atoms with Crippen LogP contribution in [0.5, 0.6) is 0 Å². The number of nitrogens with one attached hydrogen (secondary N) is 2. The minimum absolute atomic E-state index is 0.260. The molecule has 1 aromatic heterocycles. The van der Waals surface area contributed by atoms with Crippen LogP contribution in [0.2, 0.25) is 0 Å². The number of amides is 2. The van der Waals surface area contributed by atoms with E-state index in [-0.39, 0.29) is 17.8 Å². The van der Waals surface area contributed by atoms with Gasteiger partial charge in [-0.15, -0.1) is 5.10 Å². The maximum absolute atomic E-state index is 13.1. The number of anilines is 1. The third-order valence-corrected chi connectivity index (χ3v) is 6.38. The Labute approximate surface area is 204 Å². The standard InChI is InChI=1S/C25H32FN7O2/c1-3-17-11-20(24-29-30-31-32(24)2)13-22(12-17)28-25(35)27-14-18-5-4-10-33(15-18)16-23(34)19-6-8-21(26)9-7-19/h6-9,11-13,18,23,34H,3-5,10,14-16H2,1-2H3,(H2,27,28,35)/t18?,23-/m1/s1. The molecule has 4 rings (SSSR count). The molecule has 0 bridgehead atoms. The molecular weight excluding hydrogens is 449 g/mol. The summed E-state index contributed by atoms with van der Waals surface area (Å²) in [6.07, 6.45) is 2.15. The number of nitrogens with zero attached hydrogens (tertiary/aromatic N) is 5. The smallest absolute Gasteiger partial charge is 0.319 e. The van der Waals surface area contributed by atoms with E-state index in [0.29, 0.717) is 30.2 Å². The zero-order chi connectivity index (χ0) is 24.8. The average molecular weight is 482 g/mol. The second kappa shape index (κ2) is 11.4. The van der Waals surface area contributed by atoms with Gasteiger partial charge >= 0.3 is 6.03 Å². The Morgan fingerprint density at radius 1 is 1.26 bits per heavy atom. The van der Waals surface area contributed by atoms with Gasteiger partial charge in [0.2, 0.25) is 0 Å². The van der Waals surface area contributed by atoms with Crippen LogP contribution in [-0.4, -0.2) is 62.4 Å². The predicted octanol–water partition coefficient (Wildman–Crippen LogP) is 3.15.